The fourth-order valence-corrected chi connectivity index (χ4v) is 3.47. The molecule has 1 N–H and O–H groups in total. The van der Waals surface area contributed by atoms with E-state index in [0.717, 1.165) is 5.92 Å². The molecule has 0 saturated heterocycles. The standard InChI is InChI=1S/C23H29N/c1-18(2)16-20-14-12-19(13-15-20)8-4-3-5-9-21-17-24-23-11-7-6-10-22(21)23/h6-7,10-15,17-18,24H,3-5,8-9,16H2,1-2H3. The number of aromatic amines is 1. The third-order valence-corrected chi connectivity index (χ3v) is 4.75. The van der Waals surface area contributed by atoms with Crippen LogP contribution in [0.2, 0.25) is 0 Å². The van der Waals surface area contributed by atoms with Crippen molar-refractivity contribution in [2.45, 2.75) is 52.4 Å². The molecule has 126 valence electrons. The zero-order valence-electron chi connectivity index (χ0n) is 15.0. The van der Waals surface area contributed by atoms with Crippen LogP contribution in [-0.2, 0) is 19.3 Å². The average molecular weight is 319 g/mol. The van der Waals surface area contributed by atoms with Gasteiger partial charge in [0.1, 0.15) is 0 Å². The van der Waals surface area contributed by atoms with E-state index in [2.05, 4.69) is 73.6 Å². The first-order valence-electron chi connectivity index (χ1n) is 9.35. The van der Waals surface area contributed by atoms with Crippen LogP contribution in [0.1, 0.15) is 49.8 Å². The van der Waals surface area contributed by atoms with Crippen molar-refractivity contribution in [1.29, 1.82) is 0 Å². The van der Waals surface area contributed by atoms with Crippen LogP contribution in [0.5, 0.6) is 0 Å². The highest BCUT2D eigenvalue weighted by Gasteiger charge is 2.03. The van der Waals surface area contributed by atoms with Crippen LogP contribution < -0.4 is 0 Å². The molecule has 1 heterocycles. The summed E-state index contributed by atoms with van der Waals surface area (Å²) >= 11 is 0. The monoisotopic (exact) mass is 319 g/mol. The lowest BCUT2D eigenvalue weighted by Gasteiger charge is -2.06. The van der Waals surface area contributed by atoms with Crippen molar-refractivity contribution in [3.8, 4) is 0 Å². The van der Waals surface area contributed by atoms with Gasteiger partial charge in [-0.05, 0) is 60.8 Å². The topological polar surface area (TPSA) is 15.8 Å². The first-order valence-corrected chi connectivity index (χ1v) is 9.35. The minimum Gasteiger partial charge on any atom is -0.361 e. The minimum absolute atomic E-state index is 0.736. The summed E-state index contributed by atoms with van der Waals surface area (Å²) in [5, 5.41) is 1.39. The van der Waals surface area contributed by atoms with Gasteiger partial charge in [-0.2, -0.15) is 0 Å². The summed E-state index contributed by atoms with van der Waals surface area (Å²) in [6.07, 6.45) is 9.60. The molecule has 0 aliphatic heterocycles. The molecule has 0 aliphatic rings. The lowest BCUT2D eigenvalue weighted by Crippen LogP contribution is -1.94. The summed E-state index contributed by atoms with van der Waals surface area (Å²) in [5.41, 5.74) is 5.67. The second-order valence-corrected chi connectivity index (χ2v) is 7.33. The van der Waals surface area contributed by atoms with Gasteiger partial charge >= 0.3 is 0 Å². The number of hydrogen-bond donors (Lipinski definition) is 1. The smallest absolute Gasteiger partial charge is 0.0456 e. The Morgan fingerprint density at radius 2 is 1.50 bits per heavy atom. The predicted octanol–water partition coefficient (Wildman–Crippen LogP) is 6.32. The minimum atomic E-state index is 0.736. The Morgan fingerprint density at radius 1 is 0.792 bits per heavy atom. The molecule has 1 aromatic heterocycles. The number of rotatable bonds is 8. The Kier molecular flexibility index (Phi) is 5.74. The average Bonchev–Trinajstić information content (AvgIpc) is 2.99. The van der Waals surface area contributed by atoms with Gasteiger partial charge in [-0.3, -0.25) is 0 Å². The molecule has 2 aromatic carbocycles. The molecule has 0 radical (unpaired) electrons. The second kappa shape index (κ2) is 8.19. The van der Waals surface area contributed by atoms with Gasteiger partial charge in [0.05, 0.1) is 0 Å². The van der Waals surface area contributed by atoms with E-state index in [-0.39, 0.29) is 0 Å². The zero-order chi connectivity index (χ0) is 16.8. The molecule has 0 atom stereocenters. The summed E-state index contributed by atoms with van der Waals surface area (Å²) in [5.74, 6) is 0.736. The van der Waals surface area contributed by atoms with E-state index in [9.17, 15) is 0 Å². The van der Waals surface area contributed by atoms with Crippen molar-refractivity contribution >= 4 is 10.9 Å². The lowest BCUT2D eigenvalue weighted by atomic mass is 9.99. The van der Waals surface area contributed by atoms with Crippen molar-refractivity contribution in [2.75, 3.05) is 0 Å². The molecule has 1 nitrogen and oxygen atoms in total. The van der Waals surface area contributed by atoms with E-state index in [0.29, 0.717) is 0 Å². The van der Waals surface area contributed by atoms with Crippen LogP contribution in [0.25, 0.3) is 10.9 Å². The molecule has 0 amide bonds. The summed E-state index contributed by atoms with van der Waals surface area (Å²) in [6, 6.07) is 17.8. The second-order valence-electron chi connectivity index (χ2n) is 7.33. The largest absolute Gasteiger partial charge is 0.361 e. The lowest BCUT2D eigenvalue weighted by molar-refractivity contribution is 0.646. The number of unbranched alkanes of at least 4 members (excludes halogenated alkanes) is 2. The molecule has 3 rings (SSSR count). The molecule has 1 heteroatoms. The van der Waals surface area contributed by atoms with E-state index < -0.39 is 0 Å². The molecular weight excluding hydrogens is 290 g/mol. The highest BCUT2D eigenvalue weighted by molar-refractivity contribution is 5.82. The number of aromatic nitrogens is 1. The molecule has 0 fully saturated rings. The van der Waals surface area contributed by atoms with Crippen molar-refractivity contribution in [2.24, 2.45) is 5.92 Å². The number of fused-ring (bicyclic) bond motifs is 1. The summed E-state index contributed by atoms with van der Waals surface area (Å²) in [7, 11) is 0. The Balaban J connectivity index is 1.41. The van der Waals surface area contributed by atoms with Crippen molar-refractivity contribution in [3.05, 3.63) is 71.4 Å². The van der Waals surface area contributed by atoms with E-state index in [1.54, 1.807) is 0 Å². The first kappa shape index (κ1) is 16.8. The number of aryl methyl sites for hydroxylation is 2. The van der Waals surface area contributed by atoms with E-state index in [1.807, 2.05) is 0 Å². The van der Waals surface area contributed by atoms with Gasteiger partial charge in [-0.25, -0.2) is 0 Å². The Labute approximate surface area is 146 Å². The number of hydrogen-bond acceptors (Lipinski definition) is 0. The third kappa shape index (κ3) is 4.50. The molecule has 0 bridgehead atoms. The Bertz CT molecular complexity index is 749. The molecule has 24 heavy (non-hydrogen) atoms. The van der Waals surface area contributed by atoms with Crippen molar-refractivity contribution in [3.63, 3.8) is 0 Å². The maximum atomic E-state index is 3.37. The highest BCUT2D eigenvalue weighted by atomic mass is 14.7. The van der Waals surface area contributed by atoms with Crippen molar-refractivity contribution < 1.29 is 0 Å². The number of nitrogens with one attached hydrogen (secondary N) is 1. The normalized spacial score (nSPS) is 11.5. The predicted molar refractivity (Wildman–Crippen MR) is 105 cm³/mol. The maximum Gasteiger partial charge on any atom is 0.0456 e. The molecule has 0 unspecified atom stereocenters. The fourth-order valence-electron chi connectivity index (χ4n) is 3.47. The van der Waals surface area contributed by atoms with E-state index in [1.165, 1.54) is 66.1 Å². The Morgan fingerprint density at radius 3 is 2.29 bits per heavy atom. The molecule has 0 aliphatic carbocycles. The molecular formula is C23H29N. The van der Waals surface area contributed by atoms with Gasteiger partial charge in [-0.1, -0.05) is 62.7 Å². The van der Waals surface area contributed by atoms with Gasteiger partial charge in [0.15, 0.2) is 0 Å². The number of para-hydroxylation sites is 1. The van der Waals surface area contributed by atoms with Gasteiger partial charge in [0, 0.05) is 17.1 Å². The number of H-pyrrole nitrogens is 1. The van der Waals surface area contributed by atoms with Crippen LogP contribution in [0, 0.1) is 5.92 Å². The van der Waals surface area contributed by atoms with E-state index in [4.69, 9.17) is 0 Å². The molecule has 0 spiro atoms. The van der Waals surface area contributed by atoms with Crippen LogP contribution in [0.3, 0.4) is 0 Å². The van der Waals surface area contributed by atoms with Gasteiger partial charge in [0.25, 0.3) is 0 Å². The zero-order valence-corrected chi connectivity index (χ0v) is 15.0. The van der Waals surface area contributed by atoms with Crippen LogP contribution in [0.15, 0.2) is 54.7 Å². The number of benzene rings is 2. The van der Waals surface area contributed by atoms with Gasteiger partial charge in [0.2, 0.25) is 0 Å². The van der Waals surface area contributed by atoms with Gasteiger partial charge in [-0.15, -0.1) is 0 Å². The summed E-state index contributed by atoms with van der Waals surface area (Å²) in [4.78, 5) is 3.37. The highest BCUT2D eigenvalue weighted by Crippen LogP contribution is 2.20. The maximum absolute atomic E-state index is 3.37. The van der Waals surface area contributed by atoms with Crippen LogP contribution in [0.4, 0.5) is 0 Å². The van der Waals surface area contributed by atoms with Gasteiger partial charge < -0.3 is 4.98 Å². The third-order valence-electron chi connectivity index (χ3n) is 4.75. The summed E-state index contributed by atoms with van der Waals surface area (Å²) < 4.78 is 0. The quantitative estimate of drug-likeness (QED) is 0.467. The van der Waals surface area contributed by atoms with Crippen LogP contribution in [-0.4, -0.2) is 4.98 Å². The first-order chi connectivity index (χ1) is 11.7. The molecule has 0 saturated carbocycles. The van der Waals surface area contributed by atoms with E-state index >= 15 is 0 Å². The summed E-state index contributed by atoms with van der Waals surface area (Å²) in [6.45, 7) is 4.56. The molecule has 3 aromatic rings. The van der Waals surface area contributed by atoms with Crippen molar-refractivity contribution in [1.82, 2.24) is 4.98 Å². The SMILES string of the molecule is CC(C)Cc1ccc(CCCCCc2c[nH]c3ccccc23)cc1. The fraction of sp³-hybridized carbons (Fsp3) is 0.391. The van der Waals surface area contributed by atoms with Crippen LogP contribution >= 0.6 is 0 Å². The Hall–Kier alpha value is -2.02.